The third kappa shape index (κ3) is 1.95. The SMILES string of the molecule is COc1ccc2c(c1)CCC1NCC3(CCCC3)OC21. The van der Waals surface area contributed by atoms with Gasteiger partial charge in [-0.15, -0.1) is 0 Å². The van der Waals surface area contributed by atoms with E-state index in [1.54, 1.807) is 7.11 Å². The fourth-order valence-corrected chi connectivity index (χ4v) is 4.18. The van der Waals surface area contributed by atoms with Gasteiger partial charge in [-0.1, -0.05) is 18.9 Å². The number of aryl methyl sites for hydroxylation is 1. The predicted octanol–water partition coefficient (Wildman–Crippen LogP) is 2.98. The zero-order chi connectivity index (χ0) is 13.6. The molecule has 20 heavy (non-hydrogen) atoms. The van der Waals surface area contributed by atoms with Crippen molar-refractivity contribution in [1.29, 1.82) is 0 Å². The van der Waals surface area contributed by atoms with E-state index in [4.69, 9.17) is 9.47 Å². The quantitative estimate of drug-likeness (QED) is 0.853. The van der Waals surface area contributed by atoms with Crippen LogP contribution in [0.4, 0.5) is 0 Å². The van der Waals surface area contributed by atoms with Gasteiger partial charge < -0.3 is 14.8 Å². The molecule has 3 heteroatoms. The molecule has 3 aliphatic rings. The van der Waals surface area contributed by atoms with Crippen molar-refractivity contribution < 1.29 is 9.47 Å². The smallest absolute Gasteiger partial charge is 0.119 e. The maximum atomic E-state index is 6.64. The lowest BCUT2D eigenvalue weighted by Crippen LogP contribution is -2.55. The number of methoxy groups -OCH3 is 1. The monoisotopic (exact) mass is 273 g/mol. The first-order valence-corrected chi connectivity index (χ1v) is 7.88. The fourth-order valence-electron chi connectivity index (χ4n) is 4.18. The molecule has 1 aromatic rings. The van der Waals surface area contributed by atoms with E-state index in [0.717, 1.165) is 18.7 Å². The Balaban J connectivity index is 1.66. The van der Waals surface area contributed by atoms with Gasteiger partial charge in [-0.3, -0.25) is 0 Å². The lowest BCUT2D eigenvalue weighted by atomic mass is 9.83. The van der Waals surface area contributed by atoms with Crippen molar-refractivity contribution in [3.63, 3.8) is 0 Å². The molecule has 2 fully saturated rings. The highest BCUT2D eigenvalue weighted by Crippen LogP contribution is 2.44. The standard InChI is InChI=1S/C17H23NO2/c1-19-13-5-6-14-12(10-13)4-7-15-16(14)20-17(11-18-15)8-2-3-9-17/h5-6,10,15-16,18H,2-4,7-9,11H2,1H3. The zero-order valence-corrected chi connectivity index (χ0v) is 12.2. The van der Waals surface area contributed by atoms with Crippen molar-refractivity contribution in [3.8, 4) is 5.75 Å². The van der Waals surface area contributed by atoms with Crippen LogP contribution in [0.25, 0.3) is 0 Å². The summed E-state index contributed by atoms with van der Waals surface area (Å²) in [6, 6.07) is 6.95. The number of hydrogen-bond acceptors (Lipinski definition) is 3. The third-order valence-corrected chi connectivity index (χ3v) is 5.32. The summed E-state index contributed by atoms with van der Waals surface area (Å²) in [5.41, 5.74) is 2.89. The maximum Gasteiger partial charge on any atom is 0.119 e. The summed E-state index contributed by atoms with van der Waals surface area (Å²) < 4.78 is 12.0. The average Bonchev–Trinajstić information content (AvgIpc) is 2.94. The maximum absolute atomic E-state index is 6.64. The van der Waals surface area contributed by atoms with Gasteiger partial charge in [-0.25, -0.2) is 0 Å². The van der Waals surface area contributed by atoms with E-state index in [-0.39, 0.29) is 11.7 Å². The molecule has 108 valence electrons. The molecule has 1 saturated heterocycles. The highest BCUT2D eigenvalue weighted by molar-refractivity contribution is 5.40. The molecule has 2 aliphatic carbocycles. The lowest BCUT2D eigenvalue weighted by molar-refractivity contribution is -0.138. The molecule has 0 amide bonds. The van der Waals surface area contributed by atoms with Crippen molar-refractivity contribution >= 4 is 0 Å². The van der Waals surface area contributed by atoms with Crippen molar-refractivity contribution in [3.05, 3.63) is 29.3 Å². The van der Waals surface area contributed by atoms with E-state index in [2.05, 4.69) is 23.5 Å². The molecular formula is C17H23NO2. The van der Waals surface area contributed by atoms with E-state index in [9.17, 15) is 0 Å². The summed E-state index contributed by atoms with van der Waals surface area (Å²) in [5.74, 6) is 0.960. The Morgan fingerprint density at radius 2 is 2.15 bits per heavy atom. The van der Waals surface area contributed by atoms with Crippen molar-refractivity contribution in [2.24, 2.45) is 0 Å². The van der Waals surface area contributed by atoms with Crippen molar-refractivity contribution in [1.82, 2.24) is 5.32 Å². The zero-order valence-electron chi connectivity index (χ0n) is 12.2. The van der Waals surface area contributed by atoms with Crippen LogP contribution in [0.5, 0.6) is 5.75 Å². The van der Waals surface area contributed by atoms with E-state index < -0.39 is 0 Å². The number of benzene rings is 1. The second kappa shape index (κ2) is 4.74. The average molecular weight is 273 g/mol. The number of hydrogen-bond donors (Lipinski definition) is 1. The van der Waals surface area contributed by atoms with Crippen LogP contribution in [0.3, 0.4) is 0 Å². The normalized spacial score (nSPS) is 30.9. The van der Waals surface area contributed by atoms with Crippen LogP contribution in [-0.4, -0.2) is 25.3 Å². The first-order valence-electron chi connectivity index (χ1n) is 7.88. The molecule has 3 nitrogen and oxygen atoms in total. The highest BCUT2D eigenvalue weighted by Gasteiger charge is 2.45. The summed E-state index contributed by atoms with van der Waals surface area (Å²) >= 11 is 0. The Morgan fingerprint density at radius 3 is 2.95 bits per heavy atom. The second-order valence-electron chi connectivity index (χ2n) is 6.52. The second-order valence-corrected chi connectivity index (χ2v) is 6.52. The topological polar surface area (TPSA) is 30.5 Å². The van der Waals surface area contributed by atoms with E-state index >= 15 is 0 Å². The highest BCUT2D eigenvalue weighted by atomic mass is 16.5. The van der Waals surface area contributed by atoms with Gasteiger partial charge in [0.25, 0.3) is 0 Å². The molecule has 1 aliphatic heterocycles. The van der Waals surface area contributed by atoms with Crippen LogP contribution in [0, 0.1) is 0 Å². The van der Waals surface area contributed by atoms with Crippen LogP contribution in [0.2, 0.25) is 0 Å². The van der Waals surface area contributed by atoms with Crippen LogP contribution >= 0.6 is 0 Å². The molecule has 0 bridgehead atoms. The Morgan fingerprint density at radius 1 is 1.30 bits per heavy atom. The number of rotatable bonds is 1. The van der Waals surface area contributed by atoms with Gasteiger partial charge >= 0.3 is 0 Å². The molecule has 1 saturated carbocycles. The number of ether oxygens (including phenoxy) is 2. The van der Waals surface area contributed by atoms with Gasteiger partial charge in [0.15, 0.2) is 0 Å². The first-order chi connectivity index (χ1) is 9.80. The minimum Gasteiger partial charge on any atom is -0.497 e. The Hall–Kier alpha value is -1.06. The first kappa shape index (κ1) is 12.7. The molecule has 1 N–H and O–H groups in total. The van der Waals surface area contributed by atoms with Crippen molar-refractivity contribution in [2.45, 2.75) is 56.3 Å². The number of nitrogens with one attached hydrogen (secondary N) is 1. The van der Waals surface area contributed by atoms with Gasteiger partial charge in [0.05, 0.1) is 18.8 Å². The minimum atomic E-state index is 0.107. The van der Waals surface area contributed by atoms with Gasteiger partial charge in [0.2, 0.25) is 0 Å². The summed E-state index contributed by atoms with van der Waals surface area (Å²) in [4.78, 5) is 0. The molecule has 1 spiro atoms. The van der Waals surface area contributed by atoms with Crippen LogP contribution in [-0.2, 0) is 11.2 Å². The Bertz CT molecular complexity index is 508. The van der Waals surface area contributed by atoms with Gasteiger partial charge in [-0.2, -0.15) is 0 Å². The summed E-state index contributed by atoms with van der Waals surface area (Å²) in [6.07, 6.45) is 7.58. The van der Waals surface area contributed by atoms with Crippen LogP contribution in [0.1, 0.15) is 49.3 Å². The van der Waals surface area contributed by atoms with E-state index in [1.165, 1.54) is 43.2 Å². The van der Waals surface area contributed by atoms with Crippen LogP contribution < -0.4 is 10.1 Å². The largest absolute Gasteiger partial charge is 0.497 e. The van der Waals surface area contributed by atoms with Crippen LogP contribution in [0.15, 0.2) is 18.2 Å². The van der Waals surface area contributed by atoms with Gasteiger partial charge in [-0.05, 0) is 48.9 Å². The fraction of sp³-hybridized carbons (Fsp3) is 0.647. The summed E-state index contributed by atoms with van der Waals surface area (Å²) in [5, 5.41) is 3.77. The predicted molar refractivity (Wildman–Crippen MR) is 78.1 cm³/mol. The summed E-state index contributed by atoms with van der Waals surface area (Å²) in [7, 11) is 1.74. The molecule has 0 aromatic heterocycles. The number of fused-ring (bicyclic) bond motifs is 3. The third-order valence-electron chi connectivity index (χ3n) is 5.32. The molecule has 4 rings (SSSR count). The molecule has 2 atom stereocenters. The van der Waals surface area contributed by atoms with E-state index in [1.807, 2.05) is 0 Å². The number of morpholine rings is 1. The van der Waals surface area contributed by atoms with Crippen molar-refractivity contribution in [2.75, 3.05) is 13.7 Å². The molecule has 2 unspecified atom stereocenters. The molecule has 1 heterocycles. The van der Waals surface area contributed by atoms with Gasteiger partial charge in [0, 0.05) is 12.6 Å². The minimum absolute atomic E-state index is 0.107. The van der Waals surface area contributed by atoms with E-state index in [0.29, 0.717) is 6.04 Å². The Labute approximate surface area is 120 Å². The molecule has 0 radical (unpaired) electrons. The molecule has 1 aromatic carbocycles. The Kier molecular flexibility index (Phi) is 3.00. The van der Waals surface area contributed by atoms with Gasteiger partial charge in [0.1, 0.15) is 5.75 Å². The summed E-state index contributed by atoms with van der Waals surface area (Å²) in [6.45, 7) is 1.04. The molecular weight excluding hydrogens is 250 g/mol. The lowest BCUT2D eigenvalue weighted by Gasteiger charge is -2.46.